The molecule has 0 amide bonds. The standard InChI is InChI=1S/C10H14ClN3O2/c1-4-5-6-15-9-12-8(11)13-10(14-9)16-7(2)3/h4,7H,1,5-6H2,2-3H3. The van der Waals surface area contributed by atoms with Crippen LogP contribution in [0.4, 0.5) is 0 Å². The first kappa shape index (κ1) is 12.7. The van der Waals surface area contributed by atoms with E-state index in [1.165, 1.54) is 0 Å². The third-order valence-corrected chi connectivity index (χ3v) is 1.63. The van der Waals surface area contributed by atoms with Gasteiger partial charge in [-0.15, -0.1) is 11.6 Å². The van der Waals surface area contributed by atoms with Crippen LogP contribution in [0.5, 0.6) is 12.0 Å². The van der Waals surface area contributed by atoms with Gasteiger partial charge >= 0.3 is 12.0 Å². The number of hydrogen-bond acceptors (Lipinski definition) is 5. The fourth-order valence-electron chi connectivity index (χ4n) is 0.876. The summed E-state index contributed by atoms with van der Waals surface area (Å²) in [5.74, 6) is 0. The van der Waals surface area contributed by atoms with Crippen molar-refractivity contribution < 1.29 is 9.47 Å². The summed E-state index contributed by atoms with van der Waals surface area (Å²) in [6, 6.07) is 0.334. The molecule has 0 saturated heterocycles. The molecule has 0 spiro atoms. The molecular weight excluding hydrogens is 230 g/mol. The van der Waals surface area contributed by atoms with Crippen molar-refractivity contribution in [3.05, 3.63) is 17.9 Å². The SMILES string of the molecule is C=CCCOc1nc(Cl)nc(OC(C)C)n1. The fraction of sp³-hybridized carbons (Fsp3) is 0.500. The molecule has 0 aliphatic rings. The molecule has 0 aliphatic carbocycles. The first-order valence-electron chi connectivity index (χ1n) is 4.93. The predicted octanol–water partition coefficient (Wildman–Crippen LogP) is 2.27. The van der Waals surface area contributed by atoms with E-state index in [4.69, 9.17) is 21.1 Å². The van der Waals surface area contributed by atoms with Crippen LogP contribution in [-0.4, -0.2) is 27.7 Å². The van der Waals surface area contributed by atoms with E-state index in [1.54, 1.807) is 6.08 Å². The van der Waals surface area contributed by atoms with Gasteiger partial charge in [0.25, 0.3) is 0 Å². The third-order valence-electron chi connectivity index (χ3n) is 1.46. The average molecular weight is 244 g/mol. The predicted molar refractivity (Wildman–Crippen MR) is 60.9 cm³/mol. The van der Waals surface area contributed by atoms with Crippen LogP contribution < -0.4 is 9.47 Å². The summed E-state index contributed by atoms with van der Waals surface area (Å²) in [7, 11) is 0. The Morgan fingerprint density at radius 1 is 1.31 bits per heavy atom. The first-order chi connectivity index (χ1) is 7.61. The fourth-order valence-corrected chi connectivity index (χ4v) is 1.02. The lowest BCUT2D eigenvalue weighted by Crippen LogP contribution is -2.10. The Morgan fingerprint density at radius 2 is 2.00 bits per heavy atom. The van der Waals surface area contributed by atoms with Gasteiger partial charge in [-0.3, -0.25) is 0 Å². The Hall–Kier alpha value is -1.36. The minimum absolute atomic E-state index is 0.0282. The topological polar surface area (TPSA) is 57.1 Å². The number of ether oxygens (including phenoxy) is 2. The highest BCUT2D eigenvalue weighted by atomic mass is 35.5. The Kier molecular flexibility index (Phi) is 4.98. The molecule has 1 aromatic rings. The van der Waals surface area contributed by atoms with E-state index >= 15 is 0 Å². The van der Waals surface area contributed by atoms with Gasteiger partial charge in [-0.2, -0.15) is 9.97 Å². The van der Waals surface area contributed by atoms with Gasteiger partial charge in [0.1, 0.15) is 0 Å². The van der Waals surface area contributed by atoms with E-state index in [0.717, 1.165) is 0 Å². The van der Waals surface area contributed by atoms with E-state index in [0.29, 0.717) is 13.0 Å². The van der Waals surface area contributed by atoms with Crippen molar-refractivity contribution in [2.45, 2.75) is 26.4 Å². The molecule has 1 heterocycles. The Morgan fingerprint density at radius 3 is 2.62 bits per heavy atom. The summed E-state index contributed by atoms with van der Waals surface area (Å²) in [6.45, 7) is 7.77. The van der Waals surface area contributed by atoms with Crippen molar-refractivity contribution in [2.24, 2.45) is 0 Å². The van der Waals surface area contributed by atoms with E-state index in [9.17, 15) is 0 Å². The molecule has 0 saturated carbocycles. The van der Waals surface area contributed by atoms with E-state index in [2.05, 4.69) is 21.5 Å². The van der Waals surface area contributed by atoms with Gasteiger partial charge in [0.05, 0.1) is 12.7 Å². The molecule has 0 N–H and O–H groups in total. The number of hydrogen-bond donors (Lipinski definition) is 0. The maximum atomic E-state index is 5.70. The van der Waals surface area contributed by atoms with E-state index in [1.807, 2.05) is 13.8 Å². The summed E-state index contributed by atoms with van der Waals surface area (Å²) in [5, 5.41) is 0.0549. The van der Waals surface area contributed by atoms with Gasteiger partial charge < -0.3 is 9.47 Å². The molecule has 16 heavy (non-hydrogen) atoms. The van der Waals surface area contributed by atoms with Gasteiger partial charge in [0, 0.05) is 0 Å². The van der Waals surface area contributed by atoms with Crippen LogP contribution in [0.3, 0.4) is 0 Å². The van der Waals surface area contributed by atoms with Crippen molar-refractivity contribution in [1.29, 1.82) is 0 Å². The van der Waals surface area contributed by atoms with Crippen LogP contribution in [0.1, 0.15) is 20.3 Å². The Labute approximate surface area is 99.5 Å². The number of rotatable bonds is 6. The lowest BCUT2D eigenvalue weighted by molar-refractivity contribution is 0.213. The van der Waals surface area contributed by atoms with E-state index in [-0.39, 0.29) is 23.4 Å². The first-order valence-corrected chi connectivity index (χ1v) is 5.31. The molecule has 1 aromatic heterocycles. The number of nitrogens with zero attached hydrogens (tertiary/aromatic N) is 3. The highest BCUT2D eigenvalue weighted by molar-refractivity contribution is 6.28. The maximum absolute atomic E-state index is 5.70. The van der Waals surface area contributed by atoms with Crippen molar-refractivity contribution in [1.82, 2.24) is 15.0 Å². The second-order valence-corrected chi connectivity index (χ2v) is 3.60. The average Bonchev–Trinajstić information content (AvgIpc) is 2.16. The molecule has 0 radical (unpaired) electrons. The van der Waals surface area contributed by atoms with Gasteiger partial charge in [0.2, 0.25) is 5.28 Å². The lowest BCUT2D eigenvalue weighted by Gasteiger charge is -2.08. The van der Waals surface area contributed by atoms with Crippen LogP contribution >= 0.6 is 11.6 Å². The van der Waals surface area contributed by atoms with Crippen LogP contribution in [0, 0.1) is 0 Å². The molecule has 0 aliphatic heterocycles. The minimum Gasteiger partial charge on any atom is -0.463 e. The summed E-state index contributed by atoms with van der Waals surface area (Å²) in [5.41, 5.74) is 0. The molecule has 0 aromatic carbocycles. The second-order valence-electron chi connectivity index (χ2n) is 3.26. The van der Waals surface area contributed by atoms with Crippen LogP contribution in [0.15, 0.2) is 12.7 Å². The normalized spacial score (nSPS) is 10.2. The Bertz CT molecular complexity index is 358. The van der Waals surface area contributed by atoms with Crippen molar-refractivity contribution in [3.63, 3.8) is 0 Å². The number of halogens is 1. The van der Waals surface area contributed by atoms with Crippen LogP contribution in [0.25, 0.3) is 0 Å². The quantitative estimate of drug-likeness (QED) is 0.567. The van der Waals surface area contributed by atoms with Crippen molar-refractivity contribution in [2.75, 3.05) is 6.61 Å². The zero-order valence-electron chi connectivity index (χ0n) is 9.31. The van der Waals surface area contributed by atoms with Gasteiger partial charge in [-0.1, -0.05) is 6.08 Å². The largest absolute Gasteiger partial charge is 0.463 e. The highest BCUT2D eigenvalue weighted by Crippen LogP contribution is 2.14. The number of aromatic nitrogens is 3. The van der Waals surface area contributed by atoms with Gasteiger partial charge in [0.15, 0.2) is 0 Å². The Balaban J connectivity index is 2.69. The molecule has 0 unspecified atom stereocenters. The molecule has 5 nitrogen and oxygen atoms in total. The lowest BCUT2D eigenvalue weighted by atomic mass is 10.5. The summed E-state index contributed by atoms with van der Waals surface area (Å²) in [4.78, 5) is 11.6. The minimum atomic E-state index is -0.0282. The zero-order valence-corrected chi connectivity index (χ0v) is 10.1. The monoisotopic (exact) mass is 243 g/mol. The highest BCUT2D eigenvalue weighted by Gasteiger charge is 2.08. The molecule has 6 heteroatoms. The molecule has 1 rings (SSSR count). The van der Waals surface area contributed by atoms with Crippen molar-refractivity contribution >= 4 is 11.6 Å². The van der Waals surface area contributed by atoms with Crippen LogP contribution in [0.2, 0.25) is 5.28 Å². The third kappa shape index (κ3) is 4.44. The molecule has 0 bridgehead atoms. The summed E-state index contributed by atoms with van der Waals surface area (Å²) < 4.78 is 10.5. The molecule has 88 valence electrons. The van der Waals surface area contributed by atoms with Crippen molar-refractivity contribution in [3.8, 4) is 12.0 Å². The zero-order chi connectivity index (χ0) is 12.0. The molecule has 0 atom stereocenters. The molecule has 0 fully saturated rings. The van der Waals surface area contributed by atoms with E-state index < -0.39 is 0 Å². The summed E-state index contributed by atoms with van der Waals surface area (Å²) >= 11 is 5.70. The second kappa shape index (κ2) is 6.27. The van der Waals surface area contributed by atoms with Gasteiger partial charge in [-0.25, -0.2) is 0 Å². The summed E-state index contributed by atoms with van der Waals surface area (Å²) in [6.07, 6.45) is 2.43. The maximum Gasteiger partial charge on any atom is 0.324 e. The molecular formula is C10H14ClN3O2. The van der Waals surface area contributed by atoms with Crippen LogP contribution in [-0.2, 0) is 0 Å². The smallest absolute Gasteiger partial charge is 0.324 e. The van der Waals surface area contributed by atoms with Gasteiger partial charge in [-0.05, 0) is 31.9 Å².